The number of carbonyl (C=O) groups is 1. The second-order valence-corrected chi connectivity index (χ2v) is 5.53. The lowest BCUT2D eigenvalue weighted by molar-refractivity contribution is -0.133. The Morgan fingerprint density at radius 1 is 1.60 bits per heavy atom. The number of aliphatic carboxylic acids is 1. The van der Waals surface area contributed by atoms with E-state index in [9.17, 15) is 4.79 Å². The van der Waals surface area contributed by atoms with Crippen molar-refractivity contribution in [3.05, 3.63) is 17.8 Å². The number of methoxy groups -OCH3 is 1. The Morgan fingerprint density at radius 3 is 3.00 bits per heavy atom. The van der Waals surface area contributed by atoms with Crippen LogP contribution in [-0.2, 0) is 16.1 Å². The number of aryl methyl sites for hydroxylation is 1. The average Bonchev–Trinajstić information content (AvgIpc) is 2.73. The van der Waals surface area contributed by atoms with Crippen molar-refractivity contribution in [3.63, 3.8) is 0 Å². The Hall–Kier alpha value is -1.60. The monoisotopic (exact) mass is 295 g/mol. The Balaban J connectivity index is 2.41. The molecule has 2 aromatic rings. The first-order valence-corrected chi connectivity index (χ1v) is 7.20. The molecule has 2 rings (SSSR count). The normalized spacial score (nSPS) is 12.8. The van der Waals surface area contributed by atoms with Gasteiger partial charge in [-0.15, -0.1) is 0 Å². The number of fused-ring (bicyclic) bond motifs is 1. The van der Waals surface area contributed by atoms with E-state index in [1.807, 2.05) is 24.5 Å². The van der Waals surface area contributed by atoms with Crippen LogP contribution in [0.3, 0.4) is 0 Å². The third-order valence-electron chi connectivity index (χ3n) is 2.85. The molecule has 2 aromatic heterocycles. The van der Waals surface area contributed by atoms with Crippen molar-refractivity contribution in [2.24, 2.45) is 0 Å². The van der Waals surface area contributed by atoms with Crippen molar-refractivity contribution in [1.82, 2.24) is 14.5 Å². The number of rotatable bonds is 6. The maximum absolute atomic E-state index is 10.7. The SMILES string of the molecule is COC(C)Cn1c(SCC(=O)O)nc2cc(C)cnc21. The van der Waals surface area contributed by atoms with Gasteiger partial charge in [-0.2, -0.15) is 0 Å². The van der Waals surface area contributed by atoms with Gasteiger partial charge in [-0.25, -0.2) is 9.97 Å². The molecular weight excluding hydrogens is 278 g/mol. The van der Waals surface area contributed by atoms with E-state index in [2.05, 4.69) is 9.97 Å². The third kappa shape index (κ3) is 3.29. The zero-order valence-corrected chi connectivity index (χ0v) is 12.5. The smallest absolute Gasteiger partial charge is 0.313 e. The number of ether oxygens (including phenoxy) is 1. The molecule has 0 aliphatic rings. The molecule has 7 heteroatoms. The molecule has 1 N–H and O–H groups in total. The minimum absolute atomic E-state index is 0.000295. The number of hydrogen-bond acceptors (Lipinski definition) is 5. The minimum Gasteiger partial charge on any atom is -0.481 e. The maximum Gasteiger partial charge on any atom is 0.313 e. The van der Waals surface area contributed by atoms with E-state index >= 15 is 0 Å². The van der Waals surface area contributed by atoms with Crippen molar-refractivity contribution >= 4 is 28.9 Å². The summed E-state index contributed by atoms with van der Waals surface area (Å²) in [4.78, 5) is 19.6. The lowest BCUT2D eigenvalue weighted by atomic mass is 10.3. The van der Waals surface area contributed by atoms with E-state index in [0.29, 0.717) is 11.7 Å². The first-order valence-electron chi connectivity index (χ1n) is 6.21. The molecule has 0 aliphatic heterocycles. The molecule has 1 unspecified atom stereocenters. The largest absolute Gasteiger partial charge is 0.481 e. The fourth-order valence-electron chi connectivity index (χ4n) is 1.82. The van der Waals surface area contributed by atoms with Crippen LogP contribution in [0.15, 0.2) is 17.4 Å². The Bertz CT molecular complexity index is 627. The quantitative estimate of drug-likeness (QED) is 0.821. The fourth-order valence-corrected chi connectivity index (χ4v) is 2.56. The molecule has 0 amide bonds. The number of aromatic nitrogens is 3. The predicted octanol–water partition coefficient (Wildman–Crippen LogP) is 1.95. The lowest BCUT2D eigenvalue weighted by Crippen LogP contribution is -2.16. The zero-order valence-electron chi connectivity index (χ0n) is 11.7. The molecule has 108 valence electrons. The van der Waals surface area contributed by atoms with Crippen LogP contribution in [0.4, 0.5) is 0 Å². The summed E-state index contributed by atoms with van der Waals surface area (Å²) in [6, 6.07) is 1.95. The highest BCUT2D eigenvalue weighted by atomic mass is 32.2. The molecule has 0 aliphatic carbocycles. The van der Waals surface area contributed by atoms with Gasteiger partial charge in [-0.05, 0) is 25.5 Å². The fraction of sp³-hybridized carbons (Fsp3) is 0.462. The summed E-state index contributed by atoms with van der Waals surface area (Å²) >= 11 is 1.20. The zero-order chi connectivity index (χ0) is 14.7. The summed E-state index contributed by atoms with van der Waals surface area (Å²) in [5.41, 5.74) is 2.56. The van der Waals surface area contributed by atoms with Gasteiger partial charge in [0, 0.05) is 13.3 Å². The highest BCUT2D eigenvalue weighted by molar-refractivity contribution is 7.99. The van der Waals surface area contributed by atoms with E-state index in [1.54, 1.807) is 13.3 Å². The van der Waals surface area contributed by atoms with Crippen LogP contribution >= 0.6 is 11.8 Å². The lowest BCUT2D eigenvalue weighted by Gasteiger charge is -2.12. The van der Waals surface area contributed by atoms with Crippen LogP contribution in [0.25, 0.3) is 11.2 Å². The molecule has 0 spiro atoms. The van der Waals surface area contributed by atoms with Crippen LogP contribution in [-0.4, -0.2) is 44.6 Å². The molecule has 0 bridgehead atoms. The van der Waals surface area contributed by atoms with E-state index < -0.39 is 5.97 Å². The summed E-state index contributed by atoms with van der Waals surface area (Å²) in [6.45, 7) is 4.49. The molecular formula is C13H17N3O3S. The number of thioether (sulfide) groups is 1. The number of carboxylic acid groups (broad SMARTS) is 1. The van der Waals surface area contributed by atoms with Crippen molar-refractivity contribution < 1.29 is 14.6 Å². The maximum atomic E-state index is 10.7. The highest BCUT2D eigenvalue weighted by Gasteiger charge is 2.15. The highest BCUT2D eigenvalue weighted by Crippen LogP contribution is 2.24. The number of pyridine rings is 1. The number of nitrogens with zero attached hydrogens (tertiary/aromatic N) is 3. The molecule has 0 saturated carbocycles. The van der Waals surface area contributed by atoms with Crippen LogP contribution in [0, 0.1) is 6.92 Å². The van der Waals surface area contributed by atoms with Gasteiger partial charge >= 0.3 is 5.97 Å². The van der Waals surface area contributed by atoms with Gasteiger partial charge < -0.3 is 14.4 Å². The molecule has 0 aromatic carbocycles. The molecule has 0 saturated heterocycles. The van der Waals surface area contributed by atoms with Gasteiger partial charge in [0.1, 0.15) is 5.52 Å². The van der Waals surface area contributed by atoms with Gasteiger partial charge in [0.2, 0.25) is 0 Å². The predicted molar refractivity (Wildman–Crippen MR) is 77.1 cm³/mol. The van der Waals surface area contributed by atoms with E-state index in [4.69, 9.17) is 9.84 Å². The summed E-state index contributed by atoms with van der Waals surface area (Å²) in [5.74, 6) is -0.888. The Kier molecular flexibility index (Phi) is 4.61. The van der Waals surface area contributed by atoms with Gasteiger partial charge in [0.25, 0.3) is 0 Å². The first kappa shape index (κ1) is 14.8. The van der Waals surface area contributed by atoms with Gasteiger partial charge in [0.05, 0.1) is 18.4 Å². The topological polar surface area (TPSA) is 77.2 Å². The van der Waals surface area contributed by atoms with E-state index in [-0.39, 0.29) is 11.9 Å². The summed E-state index contributed by atoms with van der Waals surface area (Å²) in [5, 5.41) is 9.47. The van der Waals surface area contributed by atoms with Gasteiger partial charge in [0.15, 0.2) is 10.8 Å². The summed E-state index contributed by atoms with van der Waals surface area (Å²) in [7, 11) is 1.64. The molecule has 0 fully saturated rings. The molecule has 0 radical (unpaired) electrons. The molecule has 2 heterocycles. The number of imidazole rings is 1. The summed E-state index contributed by atoms with van der Waals surface area (Å²) < 4.78 is 7.19. The van der Waals surface area contributed by atoms with Crippen molar-refractivity contribution in [2.45, 2.75) is 31.7 Å². The van der Waals surface area contributed by atoms with Crippen LogP contribution in [0.5, 0.6) is 0 Å². The average molecular weight is 295 g/mol. The van der Waals surface area contributed by atoms with Crippen LogP contribution in [0.2, 0.25) is 0 Å². The second kappa shape index (κ2) is 6.23. The van der Waals surface area contributed by atoms with Crippen molar-refractivity contribution in [1.29, 1.82) is 0 Å². The number of carboxylic acids is 1. The molecule has 20 heavy (non-hydrogen) atoms. The van der Waals surface area contributed by atoms with E-state index in [0.717, 1.165) is 16.7 Å². The minimum atomic E-state index is -0.863. The molecule has 1 atom stereocenters. The summed E-state index contributed by atoms with van der Waals surface area (Å²) in [6.07, 6.45) is 1.78. The van der Waals surface area contributed by atoms with E-state index in [1.165, 1.54) is 11.8 Å². The van der Waals surface area contributed by atoms with Gasteiger partial charge in [-0.1, -0.05) is 11.8 Å². The molecule has 6 nitrogen and oxygen atoms in total. The first-order chi connectivity index (χ1) is 9.51. The van der Waals surface area contributed by atoms with Crippen molar-refractivity contribution in [3.8, 4) is 0 Å². The second-order valence-electron chi connectivity index (χ2n) is 4.59. The standard InChI is InChI=1S/C13H17N3O3S/c1-8-4-10-12(14-5-8)16(6-9(2)19-3)13(15-10)20-7-11(17)18/h4-5,9H,6-7H2,1-3H3,(H,17,18). The Labute approximate surface area is 121 Å². The number of hydrogen-bond donors (Lipinski definition) is 1. The Morgan fingerprint density at radius 2 is 2.35 bits per heavy atom. The third-order valence-corrected chi connectivity index (χ3v) is 3.81. The van der Waals surface area contributed by atoms with Crippen LogP contribution < -0.4 is 0 Å². The van der Waals surface area contributed by atoms with Gasteiger partial charge in [-0.3, -0.25) is 4.79 Å². The van der Waals surface area contributed by atoms with Crippen LogP contribution in [0.1, 0.15) is 12.5 Å². The van der Waals surface area contributed by atoms with Crippen molar-refractivity contribution in [2.75, 3.05) is 12.9 Å².